The lowest BCUT2D eigenvalue weighted by Crippen LogP contribution is -2.43. The standard InChI is InChI=1S/C10H14O2/c1-4-11-10(12-5-1)7-8-2-3-9(10)6-8/h2-3,8-9H,1,4-7H2. The highest BCUT2D eigenvalue weighted by atomic mass is 16.7. The normalized spacial score (nSPS) is 42.7. The summed E-state index contributed by atoms with van der Waals surface area (Å²) >= 11 is 0. The highest BCUT2D eigenvalue weighted by Gasteiger charge is 2.51. The molecule has 0 N–H and O–H groups in total. The van der Waals surface area contributed by atoms with E-state index in [-0.39, 0.29) is 5.79 Å². The fourth-order valence-electron chi connectivity index (χ4n) is 2.69. The fraction of sp³-hybridized carbons (Fsp3) is 0.800. The third kappa shape index (κ3) is 0.824. The lowest BCUT2D eigenvalue weighted by Gasteiger charge is -2.38. The molecule has 1 aliphatic heterocycles. The Labute approximate surface area is 72.5 Å². The SMILES string of the molecule is C1=CC2CC1CC21OCCCO1. The number of ether oxygens (including phenoxy) is 2. The molecule has 2 atom stereocenters. The molecule has 0 aromatic carbocycles. The monoisotopic (exact) mass is 166 g/mol. The molecule has 3 aliphatic rings. The minimum absolute atomic E-state index is 0.197. The van der Waals surface area contributed by atoms with E-state index in [0.29, 0.717) is 5.92 Å². The van der Waals surface area contributed by atoms with E-state index in [9.17, 15) is 0 Å². The van der Waals surface area contributed by atoms with Crippen LogP contribution >= 0.6 is 0 Å². The fourth-order valence-corrected chi connectivity index (χ4v) is 2.69. The molecule has 2 aliphatic carbocycles. The lowest BCUT2D eigenvalue weighted by atomic mass is 9.99. The Morgan fingerprint density at radius 2 is 2.00 bits per heavy atom. The van der Waals surface area contributed by atoms with Crippen molar-refractivity contribution in [1.82, 2.24) is 0 Å². The summed E-state index contributed by atoms with van der Waals surface area (Å²) < 4.78 is 11.6. The van der Waals surface area contributed by atoms with Gasteiger partial charge >= 0.3 is 0 Å². The summed E-state index contributed by atoms with van der Waals surface area (Å²) in [7, 11) is 0. The van der Waals surface area contributed by atoms with E-state index < -0.39 is 0 Å². The number of hydrogen-bond acceptors (Lipinski definition) is 2. The predicted octanol–water partition coefficient (Wildman–Crippen LogP) is 1.72. The average molecular weight is 166 g/mol. The molecule has 3 rings (SSSR count). The number of allylic oxidation sites excluding steroid dienone is 1. The molecule has 66 valence electrons. The van der Waals surface area contributed by atoms with Crippen LogP contribution < -0.4 is 0 Å². The van der Waals surface area contributed by atoms with Crippen molar-refractivity contribution >= 4 is 0 Å². The summed E-state index contributed by atoms with van der Waals surface area (Å²) in [4.78, 5) is 0. The summed E-state index contributed by atoms with van der Waals surface area (Å²) in [5, 5.41) is 0. The van der Waals surface area contributed by atoms with Crippen molar-refractivity contribution in [2.45, 2.75) is 25.0 Å². The smallest absolute Gasteiger partial charge is 0.175 e. The van der Waals surface area contributed by atoms with Gasteiger partial charge < -0.3 is 9.47 Å². The lowest BCUT2D eigenvalue weighted by molar-refractivity contribution is -0.278. The van der Waals surface area contributed by atoms with Gasteiger partial charge in [-0.1, -0.05) is 12.2 Å². The van der Waals surface area contributed by atoms with Crippen molar-refractivity contribution in [2.75, 3.05) is 13.2 Å². The molecule has 2 heteroatoms. The van der Waals surface area contributed by atoms with Gasteiger partial charge in [0, 0.05) is 12.3 Å². The first kappa shape index (κ1) is 7.10. The van der Waals surface area contributed by atoms with E-state index in [2.05, 4.69) is 12.2 Å². The molecule has 0 aromatic rings. The minimum atomic E-state index is -0.197. The third-order valence-corrected chi connectivity index (χ3v) is 3.27. The van der Waals surface area contributed by atoms with E-state index in [0.717, 1.165) is 32.0 Å². The van der Waals surface area contributed by atoms with Crippen LogP contribution in [0, 0.1) is 11.8 Å². The largest absolute Gasteiger partial charge is 0.349 e. The first-order valence-electron chi connectivity index (χ1n) is 4.85. The van der Waals surface area contributed by atoms with E-state index in [1.807, 2.05) is 0 Å². The van der Waals surface area contributed by atoms with Crippen molar-refractivity contribution in [1.29, 1.82) is 0 Å². The third-order valence-electron chi connectivity index (χ3n) is 3.27. The number of hydrogen-bond donors (Lipinski definition) is 0. The van der Waals surface area contributed by atoms with Crippen molar-refractivity contribution in [3.63, 3.8) is 0 Å². The molecule has 2 bridgehead atoms. The first-order chi connectivity index (χ1) is 5.89. The topological polar surface area (TPSA) is 18.5 Å². The predicted molar refractivity (Wildman–Crippen MR) is 44.6 cm³/mol. The zero-order valence-electron chi connectivity index (χ0n) is 7.16. The Balaban J connectivity index is 1.86. The van der Waals surface area contributed by atoms with Crippen molar-refractivity contribution in [2.24, 2.45) is 11.8 Å². The Bertz CT molecular complexity index is 216. The van der Waals surface area contributed by atoms with E-state index in [1.54, 1.807) is 0 Å². The quantitative estimate of drug-likeness (QED) is 0.510. The zero-order chi connectivity index (χ0) is 8.02. The van der Waals surface area contributed by atoms with Crippen molar-refractivity contribution < 1.29 is 9.47 Å². The second-order valence-electron chi connectivity index (χ2n) is 4.05. The Kier molecular flexibility index (Phi) is 1.38. The highest BCUT2D eigenvalue weighted by molar-refractivity contribution is 5.14. The molecule has 2 nitrogen and oxygen atoms in total. The molecule has 1 spiro atoms. The van der Waals surface area contributed by atoms with Crippen LogP contribution in [-0.4, -0.2) is 19.0 Å². The molecule has 12 heavy (non-hydrogen) atoms. The Morgan fingerprint density at radius 1 is 1.17 bits per heavy atom. The molecule has 1 saturated heterocycles. The summed E-state index contributed by atoms with van der Waals surface area (Å²) in [5.74, 6) is 1.08. The van der Waals surface area contributed by atoms with Gasteiger partial charge in [0.15, 0.2) is 5.79 Å². The Hall–Kier alpha value is -0.340. The van der Waals surface area contributed by atoms with Crippen LogP contribution in [-0.2, 0) is 9.47 Å². The molecule has 2 unspecified atom stereocenters. The molecule has 0 radical (unpaired) electrons. The van der Waals surface area contributed by atoms with Gasteiger partial charge in [-0.3, -0.25) is 0 Å². The molecule has 0 aromatic heterocycles. The van der Waals surface area contributed by atoms with Crippen LogP contribution in [0.4, 0.5) is 0 Å². The van der Waals surface area contributed by atoms with Crippen LogP contribution in [0.5, 0.6) is 0 Å². The maximum absolute atomic E-state index is 5.79. The number of rotatable bonds is 0. The molecule has 0 amide bonds. The molecule has 2 fully saturated rings. The van der Waals surface area contributed by atoms with Gasteiger partial charge in [-0.25, -0.2) is 0 Å². The second kappa shape index (κ2) is 2.33. The minimum Gasteiger partial charge on any atom is -0.349 e. The summed E-state index contributed by atoms with van der Waals surface area (Å²) in [5.41, 5.74) is 0. The maximum atomic E-state index is 5.79. The van der Waals surface area contributed by atoms with Gasteiger partial charge in [0.05, 0.1) is 13.2 Å². The van der Waals surface area contributed by atoms with Gasteiger partial charge in [-0.2, -0.15) is 0 Å². The van der Waals surface area contributed by atoms with Gasteiger partial charge in [0.2, 0.25) is 0 Å². The van der Waals surface area contributed by atoms with Crippen LogP contribution in [0.3, 0.4) is 0 Å². The average Bonchev–Trinajstić information content (AvgIpc) is 2.65. The summed E-state index contributed by atoms with van der Waals surface area (Å²) in [6.07, 6.45) is 7.99. The van der Waals surface area contributed by atoms with E-state index >= 15 is 0 Å². The van der Waals surface area contributed by atoms with Gasteiger partial charge in [-0.15, -0.1) is 0 Å². The van der Waals surface area contributed by atoms with Crippen molar-refractivity contribution in [3.05, 3.63) is 12.2 Å². The zero-order valence-corrected chi connectivity index (χ0v) is 7.16. The Morgan fingerprint density at radius 3 is 2.58 bits per heavy atom. The van der Waals surface area contributed by atoms with E-state index in [4.69, 9.17) is 9.47 Å². The first-order valence-corrected chi connectivity index (χ1v) is 4.85. The van der Waals surface area contributed by atoms with Crippen molar-refractivity contribution in [3.8, 4) is 0 Å². The molecule has 1 heterocycles. The van der Waals surface area contributed by atoms with E-state index in [1.165, 1.54) is 6.42 Å². The summed E-state index contributed by atoms with van der Waals surface area (Å²) in [6.45, 7) is 1.77. The van der Waals surface area contributed by atoms with Gasteiger partial charge in [0.1, 0.15) is 0 Å². The van der Waals surface area contributed by atoms with Crippen LogP contribution in [0.1, 0.15) is 19.3 Å². The molecular formula is C10H14O2. The van der Waals surface area contributed by atoms with Crippen LogP contribution in [0.2, 0.25) is 0 Å². The summed E-state index contributed by atoms with van der Waals surface area (Å²) in [6, 6.07) is 0. The maximum Gasteiger partial charge on any atom is 0.175 e. The van der Waals surface area contributed by atoms with Crippen LogP contribution in [0.25, 0.3) is 0 Å². The highest BCUT2D eigenvalue weighted by Crippen LogP contribution is 2.49. The molecule has 1 saturated carbocycles. The number of fused-ring (bicyclic) bond motifs is 3. The van der Waals surface area contributed by atoms with Gasteiger partial charge in [-0.05, 0) is 18.8 Å². The molecular weight excluding hydrogens is 152 g/mol. The van der Waals surface area contributed by atoms with Gasteiger partial charge in [0.25, 0.3) is 0 Å². The second-order valence-corrected chi connectivity index (χ2v) is 4.05. The van der Waals surface area contributed by atoms with Crippen LogP contribution in [0.15, 0.2) is 12.2 Å².